The van der Waals surface area contributed by atoms with E-state index < -0.39 is 10.0 Å². The zero-order valence-corrected chi connectivity index (χ0v) is 14.1. The number of hydrogen-bond donors (Lipinski definition) is 2. The molecule has 0 spiro atoms. The van der Waals surface area contributed by atoms with E-state index in [-0.39, 0.29) is 11.8 Å². The minimum absolute atomic E-state index is 0.0535. The lowest BCUT2D eigenvalue weighted by Crippen LogP contribution is -3.07. The van der Waals surface area contributed by atoms with Crippen LogP contribution in [0, 0.1) is 0 Å². The summed E-state index contributed by atoms with van der Waals surface area (Å²) in [6, 6.07) is 8.26. The van der Waals surface area contributed by atoms with Crippen LogP contribution in [-0.4, -0.2) is 48.9 Å². The first-order chi connectivity index (χ1) is 9.76. The van der Waals surface area contributed by atoms with Crippen molar-refractivity contribution < 1.29 is 13.3 Å². The molecular formula is C15H26N3O2S+. The first kappa shape index (κ1) is 17.7. The van der Waals surface area contributed by atoms with Crippen molar-refractivity contribution in [2.24, 2.45) is 0 Å². The molecule has 0 saturated heterocycles. The Balaban J connectivity index is 2.85. The lowest BCUT2D eigenvalue weighted by Gasteiger charge is -2.23. The van der Waals surface area contributed by atoms with Gasteiger partial charge in [0.1, 0.15) is 6.04 Å². The summed E-state index contributed by atoms with van der Waals surface area (Å²) >= 11 is 0. The van der Waals surface area contributed by atoms with Crippen LogP contribution in [0.2, 0.25) is 0 Å². The molecule has 0 bridgehead atoms. The molecule has 6 heteroatoms. The third-order valence-electron chi connectivity index (χ3n) is 3.35. The van der Waals surface area contributed by atoms with Crippen molar-refractivity contribution in [3.05, 3.63) is 42.5 Å². The van der Waals surface area contributed by atoms with Crippen LogP contribution >= 0.6 is 0 Å². The minimum atomic E-state index is -3.28. The predicted octanol–water partition coefficient (Wildman–Crippen LogP) is 0.0436. The van der Waals surface area contributed by atoms with E-state index in [0.29, 0.717) is 6.54 Å². The normalized spacial score (nSPS) is 13.2. The Bertz CT molecular complexity index is 551. The minimum Gasteiger partial charge on any atom is -0.378 e. The molecule has 0 unspecified atom stereocenters. The molecule has 0 aliphatic rings. The van der Waals surface area contributed by atoms with Crippen LogP contribution in [0.5, 0.6) is 0 Å². The van der Waals surface area contributed by atoms with E-state index in [4.69, 9.17) is 0 Å². The van der Waals surface area contributed by atoms with E-state index in [2.05, 4.69) is 23.4 Å². The lowest BCUT2D eigenvalue weighted by molar-refractivity contribution is -0.890. The first-order valence-electron chi connectivity index (χ1n) is 6.92. The van der Waals surface area contributed by atoms with Crippen LogP contribution in [0.25, 0.3) is 0 Å². The van der Waals surface area contributed by atoms with Crippen molar-refractivity contribution in [3.63, 3.8) is 0 Å². The van der Waals surface area contributed by atoms with Gasteiger partial charge >= 0.3 is 0 Å². The number of nitrogens with zero attached hydrogens (tertiary/aromatic N) is 1. The van der Waals surface area contributed by atoms with Gasteiger partial charge < -0.3 is 9.80 Å². The highest BCUT2D eigenvalue weighted by Gasteiger charge is 2.20. The first-order valence-corrected chi connectivity index (χ1v) is 8.57. The molecule has 1 rings (SSSR count). The topological polar surface area (TPSA) is 53.9 Å². The Labute approximate surface area is 128 Å². The molecule has 0 aromatic heterocycles. The smallest absolute Gasteiger partial charge is 0.215 e. The maximum atomic E-state index is 11.7. The molecule has 1 aromatic carbocycles. The molecule has 2 N–H and O–H groups in total. The fraction of sp³-hybridized carbons (Fsp3) is 0.467. The van der Waals surface area contributed by atoms with E-state index in [1.54, 1.807) is 0 Å². The van der Waals surface area contributed by atoms with Crippen molar-refractivity contribution in [2.45, 2.75) is 6.04 Å². The Morgan fingerprint density at radius 2 is 1.86 bits per heavy atom. The monoisotopic (exact) mass is 312 g/mol. The van der Waals surface area contributed by atoms with Crippen molar-refractivity contribution in [1.82, 2.24) is 4.72 Å². The van der Waals surface area contributed by atoms with E-state index in [1.807, 2.05) is 45.2 Å². The molecule has 0 saturated carbocycles. The maximum Gasteiger partial charge on any atom is 0.215 e. The highest BCUT2D eigenvalue weighted by molar-refractivity contribution is 7.89. The molecular weight excluding hydrogens is 286 g/mol. The van der Waals surface area contributed by atoms with Gasteiger partial charge in [-0.15, -0.1) is 6.58 Å². The van der Waals surface area contributed by atoms with Crippen LogP contribution in [0.15, 0.2) is 36.9 Å². The lowest BCUT2D eigenvalue weighted by atomic mass is 10.1. The summed E-state index contributed by atoms with van der Waals surface area (Å²) in [5, 5.41) is 0. The van der Waals surface area contributed by atoms with Crippen LogP contribution in [0.3, 0.4) is 0 Å². The largest absolute Gasteiger partial charge is 0.378 e. The quantitative estimate of drug-likeness (QED) is 0.667. The Kier molecular flexibility index (Phi) is 6.39. The van der Waals surface area contributed by atoms with Crippen LogP contribution in [0.4, 0.5) is 5.69 Å². The fourth-order valence-electron chi connectivity index (χ4n) is 2.08. The third-order valence-corrected chi connectivity index (χ3v) is 4.63. The molecule has 0 amide bonds. The average Bonchev–Trinajstić information content (AvgIpc) is 2.38. The van der Waals surface area contributed by atoms with Crippen molar-refractivity contribution in [2.75, 3.05) is 45.4 Å². The van der Waals surface area contributed by atoms with E-state index >= 15 is 0 Å². The highest BCUT2D eigenvalue weighted by atomic mass is 32.2. The standard InChI is InChI=1S/C15H25N3O2S/c1-6-11-21(19,20)16-12-15(18(4)5)13-7-9-14(10-8-13)17(2)3/h6-10,15-16H,1,11-12H2,2-5H3/p+1/t15-/m0/s1. The summed E-state index contributed by atoms with van der Waals surface area (Å²) in [6.07, 6.45) is 1.39. The molecule has 1 aromatic rings. The van der Waals surface area contributed by atoms with Crippen LogP contribution < -0.4 is 14.5 Å². The maximum absolute atomic E-state index is 11.7. The number of quaternary nitrogens is 1. The summed E-state index contributed by atoms with van der Waals surface area (Å²) in [6.45, 7) is 3.84. The van der Waals surface area contributed by atoms with Gasteiger partial charge in [-0.2, -0.15) is 0 Å². The van der Waals surface area contributed by atoms with E-state index in [9.17, 15) is 8.42 Å². The molecule has 21 heavy (non-hydrogen) atoms. The van der Waals surface area contributed by atoms with Crippen molar-refractivity contribution in [1.29, 1.82) is 0 Å². The number of nitrogens with one attached hydrogen (secondary N) is 2. The van der Waals surface area contributed by atoms with Gasteiger partial charge in [0.2, 0.25) is 10.0 Å². The zero-order chi connectivity index (χ0) is 16.0. The van der Waals surface area contributed by atoms with Gasteiger partial charge in [0.15, 0.2) is 0 Å². The molecule has 5 nitrogen and oxygen atoms in total. The van der Waals surface area contributed by atoms with Gasteiger partial charge in [0.05, 0.1) is 26.4 Å². The van der Waals surface area contributed by atoms with Crippen LogP contribution in [0.1, 0.15) is 11.6 Å². The molecule has 1 atom stereocenters. The van der Waals surface area contributed by atoms with E-state index in [0.717, 1.165) is 11.3 Å². The molecule has 0 aliphatic carbocycles. The number of anilines is 1. The fourth-order valence-corrected chi connectivity index (χ4v) is 2.93. The van der Waals surface area contributed by atoms with Gasteiger partial charge in [-0.25, -0.2) is 13.1 Å². The highest BCUT2D eigenvalue weighted by Crippen LogP contribution is 2.16. The summed E-state index contributed by atoms with van der Waals surface area (Å²) < 4.78 is 26.1. The third kappa shape index (κ3) is 5.49. The Morgan fingerprint density at radius 1 is 1.29 bits per heavy atom. The Hall–Kier alpha value is -1.37. The second-order valence-corrected chi connectivity index (χ2v) is 7.39. The summed E-state index contributed by atoms with van der Waals surface area (Å²) in [5.41, 5.74) is 2.24. The number of hydrogen-bond acceptors (Lipinski definition) is 3. The number of likely N-dealkylation sites (N-methyl/N-ethyl adjacent to an activating group) is 1. The van der Waals surface area contributed by atoms with Crippen molar-refractivity contribution in [3.8, 4) is 0 Å². The van der Waals surface area contributed by atoms with Gasteiger partial charge in [-0.1, -0.05) is 18.2 Å². The van der Waals surface area contributed by atoms with Gasteiger partial charge in [-0.3, -0.25) is 0 Å². The zero-order valence-electron chi connectivity index (χ0n) is 13.3. The molecule has 0 radical (unpaired) electrons. The SMILES string of the molecule is C=CCS(=O)(=O)NC[C@@H](c1ccc(N(C)C)cc1)[NH+](C)C. The number of benzene rings is 1. The van der Waals surface area contributed by atoms with Gasteiger partial charge in [-0.05, 0) is 12.1 Å². The predicted molar refractivity (Wildman–Crippen MR) is 88.3 cm³/mol. The van der Waals surface area contributed by atoms with Crippen molar-refractivity contribution >= 4 is 15.7 Å². The summed E-state index contributed by atoms with van der Waals surface area (Å²) in [5.74, 6) is -0.0535. The second kappa shape index (κ2) is 7.59. The molecule has 0 aliphatic heterocycles. The number of rotatable bonds is 8. The molecule has 0 heterocycles. The molecule has 0 fully saturated rings. The summed E-state index contributed by atoms with van der Waals surface area (Å²) in [4.78, 5) is 3.21. The average molecular weight is 312 g/mol. The number of sulfonamides is 1. The van der Waals surface area contributed by atoms with Crippen LogP contribution in [-0.2, 0) is 10.0 Å². The van der Waals surface area contributed by atoms with Gasteiger partial charge in [0, 0.05) is 25.3 Å². The van der Waals surface area contributed by atoms with E-state index in [1.165, 1.54) is 11.0 Å². The Morgan fingerprint density at radius 3 is 2.29 bits per heavy atom. The second-order valence-electron chi connectivity index (χ2n) is 5.53. The summed E-state index contributed by atoms with van der Waals surface area (Å²) in [7, 11) is 4.75. The molecule has 118 valence electrons. The van der Waals surface area contributed by atoms with Gasteiger partial charge in [0.25, 0.3) is 0 Å².